The number of pyridine rings is 1. The molecule has 1 fully saturated rings. The molecule has 1 aliphatic rings. The lowest BCUT2D eigenvalue weighted by Gasteiger charge is -2.28. The van der Waals surface area contributed by atoms with E-state index in [9.17, 15) is 9.50 Å². The van der Waals surface area contributed by atoms with E-state index >= 15 is 0 Å². The summed E-state index contributed by atoms with van der Waals surface area (Å²) in [6.45, 7) is 2.90. The molecule has 82 valence electrons. The van der Waals surface area contributed by atoms with Crippen LogP contribution in [0, 0.1) is 11.7 Å². The maximum absolute atomic E-state index is 12.7. The minimum Gasteiger partial charge on any atom is -0.383 e. The summed E-state index contributed by atoms with van der Waals surface area (Å²) in [5, 5.41) is 10.3. The SMILES string of the molecule is CC(O)(c1ccc(F)cn1)C1CCOC1. The van der Waals surface area contributed by atoms with Gasteiger partial charge < -0.3 is 9.84 Å². The second kappa shape index (κ2) is 3.87. The molecule has 0 aromatic carbocycles. The van der Waals surface area contributed by atoms with Crippen molar-refractivity contribution in [2.75, 3.05) is 13.2 Å². The molecule has 2 atom stereocenters. The lowest BCUT2D eigenvalue weighted by Crippen LogP contribution is -2.33. The molecule has 0 spiro atoms. The topological polar surface area (TPSA) is 42.4 Å². The molecular weight excluding hydrogens is 197 g/mol. The zero-order valence-corrected chi connectivity index (χ0v) is 8.61. The molecule has 0 bridgehead atoms. The summed E-state index contributed by atoms with van der Waals surface area (Å²) in [6, 6.07) is 2.83. The lowest BCUT2D eigenvalue weighted by molar-refractivity contribution is -0.0135. The highest BCUT2D eigenvalue weighted by Crippen LogP contribution is 2.33. The van der Waals surface area contributed by atoms with Gasteiger partial charge in [0.2, 0.25) is 0 Å². The van der Waals surface area contributed by atoms with E-state index in [2.05, 4.69) is 4.98 Å². The molecule has 0 saturated carbocycles. The van der Waals surface area contributed by atoms with E-state index in [1.807, 2.05) is 0 Å². The predicted octanol–water partition coefficient (Wildman–Crippen LogP) is 1.46. The predicted molar refractivity (Wildman–Crippen MR) is 52.7 cm³/mol. The summed E-state index contributed by atoms with van der Waals surface area (Å²) in [7, 11) is 0. The van der Waals surface area contributed by atoms with Gasteiger partial charge in [-0.1, -0.05) is 0 Å². The van der Waals surface area contributed by atoms with Gasteiger partial charge in [-0.2, -0.15) is 0 Å². The van der Waals surface area contributed by atoms with Crippen LogP contribution < -0.4 is 0 Å². The maximum atomic E-state index is 12.7. The Morgan fingerprint density at radius 2 is 2.40 bits per heavy atom. The number of aliphatic hydroxyl groups is 1. The van der Waals surface area contributed by atoms with Crippen molar-refractivity contribution in [3.05, 3.63) is 29.8 Å². The first-order valence-corrected chi connectivity index (χ1v) is 5.03. The maximum Gasteiger partial charge on any atom is 0.141 e. The van der Waals surface area contributed by atoms with Gasteiger partial charge in [0.1, 0.15) is 11.4 Å². The molecule has 0 aliphatic carbocycles. The summed E-state index contributed by atoms with van der Waals surface area (Å²) in [5.41, 5.74) is -0.538. The summed E-state index contributed by atoms with van der Waals surface area (Å²) in [5.74, 6) is -0.354. The smallest absolute Gasteiger partial charge is 0.141 e. The van der Waals surface area contributed by atoms with Crippen LogP contribution in [0.3, 0.4) is 0 Å². The van der Waals surface area contributed by atoms with Gasteiger partial charge in [-0.15, -0.1) is 0 Å². The minimum absolute atomic E-state index is 0.0375. The van der Waals surface area contributed by atoms with E-state index in [1.165, 1.54) is 12.1 Å². The van der Waals surface area contributed by atoms with Crippen molar-refractivity contribution in [3.63, 3.8) is 0 Å². The van der Waals surface area contributed by atoms with Gasteiger partial charge in [0.25, 0.3) is 0 Å². The first kappa shape index (κ1) is 10.5. The van der Waals surface area contributed by atoms with Crippen molar-refractivity contribution in [3.8, 4) is 0 Å². The van der Waals surface area contributed by atoms with Crippen LogP contribution in [0.5, 0.6) is 0 Å². The molecule has 15 heavy (non-hydrogen) atoms. The molecule has 1 saturated heterocycles. The number of hydrogen-bond donors (Lipinski definition) is 1. The van der Waals surface area contributed by atoms with Crippen molar-refractivity contribution in [2.45, 2.75) is 18.9 Å². The van der Waals surface area contributed by atoms with Crippen molar-refractivity contribution >= 4 is 0 Å². The zero-order chi connectivity index (χ0) is 10.9. The van der Waals surface area contributed by atoms with Gasteiger partial charge >= 0.3 is 0 Å². The van der Waals surface area contributed by atoms with Crippen molar-refractivity contribution in [1.82, 2.24) is 4.98 Å². The van der Waals surface area contributed by atoms with E-state index in [4.69, 9.17) is 4.74 Å². The van der Waals surface area contributed by atoms with Crippen LogP contribution in [0.2, 0.25) is 0 Å². The van der Waals surface area contributed by atoms with Crippen LogP contribution in [0.15, 0.2) is 18.3 Å². The Morgan fingerprint density at radius 1 is 1.60 bits per heavy atom. The van der Waals surface area contributed by atoms with Crippen LogP contribution in [-0.2, 0) is 10.3 Å². The van der Waals surface area contributed by atoms with Crippen molar-refractivity contribution in [2.24, 2.45) is 5.92 Å². The fraction of sp³-hybridized carbons (Fsp3) is 0.545. The standard InChI is InChI=1S/C11H14FNO2/c1-11(14,8-4-5-15-7-8)10-3-2-9(12)6-13-10/h2-3,6,8,14H,4-5,7H2,1H3. The monoisotopic (exact) mass is 211 g/mol. The van der Waals surface area contributed by atoms with Crippen LogP contribution in [0.1, 0.15) is 19.0 Å². The quantitative estimate of drug-likeness (QED) is 0.805. The molecule has 1 N–H and O–H groups in total. The summed E-state index contributed by atoms with van der Waals surface area (Å²) in [6.07, 6.45) is 1.94. The number of nitrogens with zero attached hydrogens (tertiary/aromatic N) is 1. The molecule has 2 unspecified atom stereocenters. The Morgan fingerprint density at radius 3 is 2.93 bits per heavy atom. The van der Waals surface area contributed by atoms with E-state index in [1.54, 1.807) is 6.92 Å². The first-order chi connectivity index (χ1) is 7.10. The zero-order valence-electron chi connectivity index (χ0n) is 8.61. The van der Waals surface area contributed by atoms with E-state index < -0.39 is 11.4 Å². The third-order valence-corrected chi connectivity index (χ3v) is 2.97. The lowest BCUT2D eigenvalue weighted by atomic mass is 9.85. The Labute approximate surface area is 87.9 Å². The van der Waals surface area contributed by atoms with Crippen LogP contribution in [-0.4, -0.2) is 23.3 Å². The summed E-state index contributed by atoms with van der Waals surface area (Å²) < 4.78 is 17.9. The molecule has 1 aliphatic heterocycles. The fourth-order valence-corrected chi connectivity index (χ4v) is 1.86. The Balaban J connectivity index is 2.23. The highest BCUT2D eigenvalue weighted by atomic mass is 19.1. The van der Waals surface area contributed by atoms with Crippen molar-refractivity contribution in [1.29, 1.82) is 0 Å². The minimum atomic E-state index is -1.04. The van der Waals surface area contributed by atoms with Gasteiger partial charge in [-0.05, 0) is 25.5 Å². The normalized spacial score (nSPS) is 25.1. The van der Waals surface area contributed by atoms with Gasteiger partial charge in [0.05, 0.1) is 18.5 Å². The van der Waals surface area contributed by atoms with Crippen molar-refractivity contribution < 1.29 is 14.2 Å². The second-order valence-electron chi connectivity index (χ2n) is 4.07. The van der Waals surface area contributed by atoms with Gasteiger partial charge in [-0.3, -0.25) is 4.98 Å². The number of rotatable bonds is 2. The van der Waals surface area contributed by atoms with Gasteiger partial charge in [-0.25, -0.2) is 4.39 Å². The first-order valence-electron chi connectivity index (χ1n) is 5.03. The third-order valence-electron chi connectivity index (χ3n) is 2.97. The van der Waals surface area contributed by atoms with E-state index in [0.29, 0.717) is 18.9 Å². The number of aromatic nitrogens is 1. The summed E-state index contributed by atoms with van der Waals surface area (Å²) in [4.78, 5) is 3.91. The van der Waals surface area contributed by atoms with E-state index in [0.717, 1.165) is 12.6 Å². The summed E-state index contributed by atoms with van der Waals surface area (Å²) >= 11 is 0. The van der Waals surface area contributed by atoms with Gasteiger partial charge in [0.15, 0.2) is 0 Å². The van der Waals surface area contributed by atoms with Crippen LogP contribution >= 0.6 is 0 Å². The number of halogens is 1. The second-order valence-corrected chi connectivity index (χ2v) is 4.07. The molecule has 2 heterocycles. The third kappa shape index (κ3) is 2.01. The highest BCUT2D eigenvalue weighted by molar-refractivity contribution is 5.14. The molecular formula is C11H14FNO2. The largest absolute Gasteiger partial charge is 0.383 e. The molecule has 0 amide bonds. The van der Waals surface area contributed by atoms with Gasteiger partial charge in [0, 0.05) is 12.5 Å². The average molecular weight is 211 g/mol. The molecule has 2 rings (SSSR count). The molecule has 1 aromatic rings. The highest BCUT2D eigenvalue weighted by Gasteiger charge is 2.37. The Hall–Kier alpha value is -1.00. The Bertz CT molecular complexity index is 331. The fourth-order valence-electron chi connectivity index (χ4n) is 1.86. The number of hydrogen-bond acceptors (Lipinski definition) is 3. The molecule has 1 aromatic heterocycles. The average Bonchev–Trinajstić information content (AvgIpc) is 2.71. The van der Waals surface area contributed by atoms with Crippen LogP contribution in [0.4, 0.5) is 4.39 Å². The van der Waals surface area contributed by atoms with Crippen LogP contribution in [0.25, 0.3) is 0 Å². The van der Waals surface area contributed by atoms with E-state index in [-0.39, 0.29) is 5.92 Å². The number of ether oxygens (including phenoxy) is 1. The molecule has 4 heteroatoms. The Kier molecular flexibility index (Phi) is 2.71. The molecule has 0 radical (unpaired) electrons. The molecule has 3 nitrogen and oxygen atoms in total.